The number of oxazole rings is 2. The third-order valence-electron chi connectivity index (χ3n) is 7.98. The molecule has 8 rings (SSSR count). The predicted molar refractivity (Wildman–Crippen MR) is 167 cm³/mol. The monoisotopic (exact) mass is 546 g/mol. The second-order valence-electron chi connectivity index (χ2n) is 10.9. The molecule has 0 aliphatic heterocycles. The molecule has 0 aliphatic rings. The van der Waals surface area contributed by atoms with E-state index in [1.165, 1.54) is 32.3 Å². The summed E-state index contributed by atoms with van der Waals surface area (Å²) in [5.74, 6) is 2.86. The number of aryl methyl sites for hydroxylation is 4. The van der Waals surface area contributed by atoms with Gasteiger partial charge in [-0.05, 0) is 94.7 Å². The van der Waals surface area contributed by atoms with E-state index in [1.54, 1.807) is 0 Å². The predicted octanol–water partition coefficient (Wildman–Crippen LogP) is 9.25. The number of nitrogens with zero attached hydrogens (tertiary/aromatic N) is 4. The summed E-state index contributed by atoms with van der Waals surface area (Å²) in [7, 11) is 0. The summed E-state index contributed by atoms with van der Waals surface area (Å²) in [6, 6.07) is 26.0. The first-order chi connectivity index (χ1) is 20.4. The Morgan fingerprint density at radius 2 is 0.833 bits per heavy atom. The van der Waals surface area contributed by atoms with E-state index in [1.807, 2.05) is 40.1 Å². The highest BCUT2D eigenvalue weighted by Crippen LogP contribution is 2.39. The summed E-state index contributed by atoms with van der Waals surface area (Å²) in [5, 5.41) is 7.32. The van der Waals surface area contributed by atoms with Crippen LogP contribution in [0, 0.1) is 27.7 Å². The Bertz CT molecular complexity index is 2050. The van der Waals surface area contributed by atoms with Crippen molar-refractivity contribution in [1.29, 1.82) is 0 Å². The Kier molecular flexibility index (Phi) is 5.28. The molecule has 0 saturated carbocycles. The summed E-state index contributed by atoms with van der Waals surface area (Å²) in [6.45, 7) is 7.63. The van der Waals surface area contributed by atoms with Crippen LogP contribution in [0.2, 0.25) is 0 Å². The zero-order valence-corrected chi connectivity index (χ0v) is 23.7. The lowest BCUT2D eigenvalue weighted by Crippen LogP contribution is -1.90. The fraction of sp³-hybridized carbons (Fsp3) is 0.111. The molecule has 0 amide bonds. The van der Waals surface area contributed by atoms with Gasteiger partial charge in [0.2, 0.25) is 0 Å². The van der Waals surface area contributed by atoms with Crippen LogP contribution in [0.15, 0.2) is 94.0 Å². The Labute approximate surface area is 242 Å². The van der Waals surface area contributed by atoms with E-state index in [4.69, 9.17) is 18.8 Å². The van der Waals surface area contributed by atoms with Gasteiger partial charge in [0.25, 0.3) is 0 Å². The fourth-order valence-electron chi connectivity index (χ4n) is 6.13. The average Bonchev–Trinajstić information content (AvgIpc) is 3.53. The lowest BCUT2D eigenvalue weighted by Gasteiger charge is -2.14. The minimum Gasteiger partial charge on any atom is -0.441 e. The SMILES string of the molecule is Cc1nc(C)c(-c2ccc(-c3cc4ccc5cc(-c6ccc(-c7oc(C)nc7C)cn6)cc6ccc(c3)c4c56)nc2)o1. The normalized spacial score (nSPS) is 11.8. The maximum absolute atomic E-state index is 5.78. The van der Waals surface area contributed by atoms with Gasteiger partial charge in [0.15, 0.2) is 23.3 Å². The molecular weight excluding hydrogens is 520 g/mol. The highest BCUT2D eigenvalue weighted by molar-refractivity contribution is 6.24. The quantitative estimate of drug-likeness (QED) is 0.205. The second-order valence-corrected chi connectivity index (χ2v) is 10.9. The van der Waals surface area contributed by atoms with E-state index >= 15 is 0 Å². The van der Waals surface area contributed by atoms with Crippen LogP contribution in [-0.2, 0) is 0 Å². The van der Waals surface area contributed by atoms with Gasteiger partial charge < -0.3 is 8.83 Å². The number of pyridine rings is 2. The number of rotatable bonds is 4. The molecule has 6 heteroatoms. The molecule has 0 unspecified atom stereocenters. The zero-order chi connectivity index (χ0) is 28.5. The third kappa shape index (κ3) is 3.87. The smallest absolute Gasteiger partial charge is 0.192 e. The Morgan fingerprint density at radius 1 is 0.452 bits per heavy atom. The maximum atomic E-state index is 5.78. The van der Waals surface area contributed by atoms with Crippen molar-refractivity contribution >= 4 is 32.3 Å². The van der Waals surface area contributed by atoms with Crippen LogP contribution in [0.5, 0.6) is 0 Å². The average molecular weight is 547 g/mol. The molecule has 6 nitrogen and oxygen atoms in total. The third-order valence-corrected chi connectivity index (χ3v) is 7.98. The van der Waals surface area contributed by atoms with Crippen LogP contribution in [0.3, 0.4) is 0 Å². The van der Waals surface area contributed by atoms with Gasteiger partial charge in [-0.2, -0.15) is 0 Å². The van der Waals surface area contributed by atoms with Gasteiger partial charge in [-0.15, -0.1) is 0 Å². The van der Waals surface area contributed by atoms with Gasteiger partial charge in [-0.3, -0.25) is 9.97 Å². The molecule has 0 aliphatic carbocycles. The van der Waals surface area contributed by atoms with Crippen LogP contribution in [0.1, 0.15) is 23.2 Å². The summed E-state index contributed by atoms with van der Waals surface area (Å²) >= 11 is 0. The molecule has 42 heavy (non-hydrogen) atoms. The standard InChI is InChI=1S/C36H26N4O2/c1-19-35(41-21(3)39-19)27-9-11-31(37-17-27)29-13-23-5-7-25-15-30(16-26-8-6-24(14-29)33(23)34(25)26)32-12-10-28(18-38-32)36-20(2)40-22(4)42-36/h5-18H,1-4H3. The van der Waals surface area contributed by atoms with E-state index in [9.17, 15) is 0 Å². The van der Waals surface area contributed by atoms with Crippen LogP contribution < -0.4 is 0 Å². The van der Waals surface area contributed by atoms with Crippen molar-refractivity contribution in [2.45, 2.75) is 27.7 Å². The first kappa shape index (κ1) is 24.4. The van der Waals surface area contributed by atoms with Crippen molar-refractivity contribution < 1.29 is 8.83 Å². The largest absolute Gasteiger partial charge is 0.441 e. The van der Waals surface area contributed by atoms with Crippen LogP contribution in [0.25, 0.3) is 77.5 Å². The van der Waals surface area contributed by atoms with Gasteiger partial charge in [0, 0.05) is 48.5 Å². The van der Waals surface area contributed by atoms with Gasteiger partial charge in [-0.1, -0.05) is 24.3 Å². The zero-order valence-electron chi connectivity index (χ0n) is 23.7. The number of benzene rings is 4. The summed E-state index contributed by atoms with van der Waals surface area (Å²) in [5.41, 5.74) is 7.61. The van der Waals surface area contributed by atoms with E-state index < -0.39 is 0 Å². The lowest BCUT2D eigenvalue weighted by molar-refractivity contribution is 0.533. The summed E-state index contributed by atoms with van der Waals surface area (Å²) in [6.07, 6.45) is 3.73. The van der Waals surface area contributed by atoms with Crippen molar-refractivity contribution in [2.75, 3.05) is 0 Å². The maximum Gasteiger partial charge on any atom is 0.192 e. The van der Waals surface area contributed by atoms with E-state index in [0.29, 0.717) is 11.8 Å². The minimum atomic E-state index is 0.660. The van der Waals surface area contributed by atoms with Crippen molar-refractivity contribution in [3.05, 3.63) is 108 Å². The molecule has 0 N–H and O–H groups in total. The molecular formula is C36H26N4O2. The molecule has 8 aromatic rings. The number of hydrogen-bond donors (Lipinski definition) is 0. The van der Waals surface area contributed by atoms with Crippen molar-refractivity contribution in [1.82, 2.24) is 19.9 Å². The van der Waals surface area contributed by atoms with E-state index in [0.717, 1.165) is 56.6 Å². The molecule has 0 atom stereocenters. The van der Waals surface area contributed by atoms with Crippen LogP contribution in [0.4, 0.5) is 0 Å². The minimum absolute atomic E-state index is 0.660. The molecule has 4 heterocycles. The topological polar surface area (TPSA) is 77.8 Å². The van der Waals surface area contributed by atoms with Crippen molar-refractivity contribution in [2.24, 2.45) is 0 Å². The molecule has 0 radical (unpaired) electrons. The molecule has 0 bridgehead atoms. The van der Waals surface area contributed by atoms with Crippen LogP contribution >= 0.6 is 0 Å². The van der Waals surface area contributed by atoms with Gasteiger partial charge in [0.05, 0.1) is 22.8 Å². The second kappa shape index (κ2) is 9.08. The molecule has 4 aromatic carbocycles. The van der Waals surface area contributed by atoms with Gasteiger partial charge in [0.1, 0.15) is 0 Å². The van der Waals surface area contributed by atoms with Crippen molar-refractivity contribution in [3.8, 4) is 45.2 Å². The van der Waals surface area contributed by atoms with E-state index in [-0.39, 0.29) is 0 Å². The Hall–Kier alpha value is -5.36. The number of aromatic nitrogens is 4. The molecule has 0 fully saturated rings. The fourth-order valence-corrected chi connectivity index (χ4v) is 6.13. The van der Waals surface area contributed by atoms with E-state index in [2.05, 4.69) is 82.8 Å². The molecule has 202 valence electrons. The van der Waals surface area contributed by atoms with Crippen molar-refractivity contribution in [3.63, 3.8) is 0 Å². The van der Waals surface area contributed by atoms with Crippen LogP contribution in [-0.4, -0.2) is 19.9 Å². The summed E-state index contributed by atoms with van der Waals surface area (Å²) < 4.78 is 11.6. The summed E-state index contributed by atoms with van der Waals surface area (Å²) in [4.78, 5) is 18.3. The molecule has 0 saturated heterocycles. The molecule has 0 spiro atoms. The van der Waals surface area contributed by atoms with Gasteiger partial charge >= 0.3 is 0 Å². The Morgan fingerprint density at radius 3 is 1.12 bits per heavy atom. The highest BCUT2D eigenvalue weighted by atomic mass is 16.4. The first-order valence-electron chi connectivity index (χ1n) is 14.0. The highest BCUT2D eigenvalue weighted by Gasteiger charge is 2.15. The number of hydrogen-bond acceptors (Lipinski definition) is 6. The first-order valence-corrected chi connectivity index (χ1v) is 14.0. The molecule has 4 aromatic heterocycles. The lowest BCUT2D eigenvalue weighted by atomic mass is 9.90. The van der Waals surface area contributed by atoms with Gasteiger partial charge in [-0.25, -0.2) is 9.97 Å². The Balaban J connectivity index is 1.17.